The molecular formula is C22H20ClN5O4. The zero-order valence-electron chi connectivity index (χ0n) is 17.2. The van der Waals surface area contributed by atoms with Crippen molar-refractivity contribution in [2.75, 3.05) is 26.9 Å². The molecule has 0 saturated heterocycles. The monoisotopic (exact) mass is 453 g/mol. The third-order valence-electron chi connectivity index (χ3n) is 4.44. The summed E-state index contributed by atoms with van der Waals surface area (Å²) in [5.74, 6) is 2.03. The van der Waals surface area contributed by atoms with Crippen LogP contribution in [0.25, 0.3) is 17.0 Å². The van der Waals surface area contributed by atoms with E-state index in [0.717, 1.165) is 11.3 Å². The number of fused-ring (bicyclic) bond motifs is 1. The van der Waals surface area contributed by atoms with Crippen molar-refractivity contribution in [2.24, 2.45) is 0 Å². The number of methoxy groups -OCH3 is 1. The molecule has 2 aromatic heterocycles. The molecule has 0 atom stereocenters. The standard InChI is InChI=1S/C22H20ClN5O4/c1-30-17-6-2-15(3-7-17)22-26-25-19-10-11-21(27-28(19)22)31-13-12-24-20(29)14-32-18-8-4-16(23)5-9-18/h2-11H,12-14H2,1H3,(H,24,29). The number of benzene rings is 2. The van der Waals surface area contributed by atoms with Gasteiger partial charge >= 0.3 is 0 Å². The third-order valence-corrected chi connectivity index (χ3v) is 4.70. The predicted molar refractivity (Wildman–Crippen MR) is 118 cm³/mol. The number of hydrogen-bond acceptors (Lipinski definition) is 7. The van der Waals surface area contributed by atoms with E-state index in [1.807, 2.05) is 24.3 Å². The smallest absolute Gasteiger partial charge is 0.258 e. The molecule has 0 bridgehead atoms. The van der Waals surface area contributed by atoms with E-state index in [9.17, 15) is 4.79 Å². The predicted octanol–water partition coefficient (Wildman–Crippen LogP) is 3.03. The maximum atomic E-state index is 11.9. The number of hydrogen-bond donors (Lipinski definition) is 1. The van der Waals surface area contributed by atoms with Crippen LogP contribution in [0.15, 0.2) is 60.7 Å². The number of halogens is 1. The van der Waals surface area contributed by atoms with E-state index in [1.165, 1.54) is 0 Å². The normalized spacial score (nSPS) is 10.7. The number of aromatic nitrogens is 4. The Morgan fingerprint density at radius 2 is 1.72 bits per heavy atom. The second-order valence-corrected chi connectivity index (χ2v) is 7.07. The summed E-state index contributed by atoms with van der Waals surface area (Å²) >= 11 is 5.82. The van der Waals surface area contributed by atoms with Crippen molar-refractivity contribution in [3.05, 3.63) is 65.7 Å². The van der Waals surface area contributed by atoms with Gasteiger partial charge in [-0.1, -0.05) is 11.6 Å². The summed E-state index contributed by atoms with van der Waals surface area (Å²) in [6, 6.07) is 17.7. The van der Waals surface area contributed by atoms with Crippen LogP contribution in [0.1, 0.15) is 0 Å². The lowest BCUT2D eigenvalue weighted by Gasteiger charge is -2.09. The second-order valence-electron chi connectivity index (χ2n) is 6.63. The van der Waals surface area contributed by atoms with Crippen molar-refractivity contribution < 1.29 is 19.0 Å². The van der Waals surface area contributed by atoms with Crippen LogP contribution in [0.2, 0.25) is 5.02 Å². The molecule has 0 unspecified atom stereocenters. The van der Waals surface area contributed by atoms with Crippen LogP contribution < -0.4 is 19.5 Å². The van der Waals surface area contributed by atoms with Crippen molar-refractivity contribution in [1.82, 2.24) is 25.1 Å². The number of carbonyl (C=O) groups is 1. The minimum absolute atomic E-state index is 0.0994. The molecule has 4 rings (SSSR count). The van der Waals surface area contributed by atoms with Crippen LogP contribution in [-0.2, 0) is 4.79 Å². The number of nitrogens with one attached hydrogen (secondary N) is 1. The Labute approximate surface area is 188 Å². The van der Waals surface area contributed by atoms with Crippen LogP contribution >= 0.6 is 11.6 Å². The molecule has 2 heterocycles. The van der Waals surface area contributed by atoms with Crippen LogP contribution in [-0.4, -0.2) is 52.6 Å². The first-order chi connectivity index (χ1) is 15.6. The van der Waals surface area contributed by atoms with Gasteiger partial charge < -0.3 is 19.5 Å². The van der Waals surface area contributed by atoms with E-state index >= 15 is 0 Å². The zero-order chi connectivity index (χ0) is 22.3. The highest BCUT2D eigenvalue weighted by Gasteiger charge is 2.11. The van der Waals surface area contributed by atoms with Gasteiger partial charge in [-0.05, 0) is 54.6 Å². The second kappa shape index (κ2) is 9.97. The van der Waals surface area contributed by atoms with E-state index in [4.69, 9.17) is 25.8 Å². The average molecular weight is 454 g/mol. The number of carbonyl (C=O) groups excluding carboxylic acids is 1. The summed E-state index contributed by atoms with van der Waals surface area (Å²) in [7, 11) is 1.61. The molecule has 32 heavy (non-hydrogen) atoms. The van der Waals surface area contributed by atoms with Crippen molar-refractivity contribution >= 4 is 23.2 Å². The summed E-state index contributed by atoms with van der Waals surface area (Å²) in [4.78, 5) is 11.9. The van der Waals surface area contributed by atoms with Crippen LogP contribution in [0.3, 0.4) is 0 Å². The SMILES string of the molecule is COc1ccc(-c2nnc3ccc(OCCNC(=O)COc4ccc(Cl)cc4)nn23)cc1. The lowest BCUT2D eigenvalue weighted by Crippen LogP contribution is -2.32. The van der Waals surface area contributed by atoms with Crippen LogP contribution in [0.5, 0.6) is 17.4 Å². The van der Waals surface area contributed by atoms with Gasteiger partial charge in [-0.25, -0.2) is 0 Å². The molecular weight excluding hydrogens is 434 g/mol. The average Bonchev–Trinajstić information content (AvgIpc) is 3.25. The molecule has 10 heteroatoms. The molecule has 0 spiro atoms. The Bertz CT molecular complexity index is 1200. The molecule has 164 valence electrons. The lowest BCUT2D eigenvalue weighted by molar-refractivity contribution is -0.123. The van der Waals surface area contributed by atoms with E-state index in [0.29, 0.717) is 34.7 Å². The molecule has 0 aliphatic carbocycles. The Morgan fingerprint density at radius 3 is 2.47 bits per heavy atom. The molecule has 4 aromatic rings. The number of ether oxygens (including phenoxy) is 3. The van der Waals surface area contributed by atoms with Gasteiger partial charge in [0.2, 0.25) is 5.88 Å². The van der Waals surface area contributed by atoms with E-state index < -0.39 is 0 Å². The van der Waals surface area contributed by atoms with Crippen molar-refractivity contribution in [1.29, 1.82) is 0 Å². The molecule has 0 aliphatic rings. The summed E-state index contributed by atoms with van der Waals surface area (Å²) in [5, 5.41) is 16.1. The number of rotatable bonds is 9. The van der Waals surface area contributed by atoms with Crippen molar-refractivity contribution in [3.8, 4) is 28.8 Å². The maximum Gasteiger partial charge on any atom is 0.258 e. The van der Waals surface area contributed by atoms with E-state index in [-0.39, 0.29) is 19.1 Å². The highest BCUT2D eigenvalue weighted by atomic mass is 35.5. The quantitative estimate of drug-likeness (QED) is 0.389. The van der Waals surface area contributed by atoms with Crippen molar-refractivity contribution in [3.63, 3.8) is 0 Å². The number of nitrogens with zero attached hydrogens (tertiary/aromatic N) is 4. The molecule has 0 fully saturated rings. The Hall–Kier alpha value is -3.85. The summed E-state index contributed by atoms with van der Waals surface area (Å²) < 4.78 is 17.9. The van der Waals surface area contributed by atoms with Gasteiger partial charge in [-0.15, -0.1) is 15.3 Å². The first-order valence-electron chi connectivity index (χ1n) is 9.77. The third kappa shape index (κ3) is 5.25. The fraction of sp³-hybridized carbons (Fsp3) is 0.182. The topological polar surface area (TPSA) is 99.9 Å². The highest BCUT2D eigenvalue weighted by Crippen LogP contribution is 2.22. The minimum Gasteiger partial charge on any atom is -0.497 e. The van der Waals surface area contributed by atoms with Gasteiger partial charge in [-0.2, -0.15) is 4.52 Å². The lowest BCUT2D eigenvalue weighted by atomic mass is 10.2. The van der Waals surface area contributed by atoms with Gasteiger partial charge in [0.15, 0.2) is 18.1 Å². The summed E-state index contributed by atoms with van der Waals surface area (Å²) in [5.41, 5.74) is 1.44. The molecule has 1 amide bonds. The summed E-state index contributed by atoms with van der Waals surface area (Å²) in [6.45, 7) is 0.443. The van der Waals surface area contributed by atoms with Gasteiger partial charge in [0.1, 0.15) is 18.1 Å². The fourth-order valence-corrected chi connectivity index (χ4v) is 2.97. The van der Waals surface area contributed by atoms with Crippen LogP contribution in [0.4, 0.5) is 0 Å². The van der Waals surface area contributed by atoms with E-state index in [2.05, 4.69) is 20.6 Å². The molecule has 9 nitrogen and oxygen atoms in total. The van der Waals surface area contributed by atoms with Gasteiger partial charge in [0, 0.05) is 16.7 Å². The Kier molecular flexibility index (Phi) is 6.66. The fourth-order valence-electron chi connectivity index (χ4n) is 2.85. The van der Waals surface area contributed by atoms with E-state index in [1.54, 1.807) is 48.0 Å². The molecule has 2 aromatic carbocycles. The first-order valence-corrected chi connectivity index (χ1v) is 10.1. The van der Waals surface area contributed by atoms with Crippen molar-refractivity contribution in [2.45, 2.75) is 0 Å². The molecule has 0 radical (unpaired) electrons. The molecule has 0 aliphatic heterocycles. The molecule has 1 N–H and O–H groups in total. The summed E-state index contributed by atoms with van der Waals surface area (Å²) in [6.07, 6.45) is 0. The van der Waals surface area contributed by atoms with Gasteiger partial charge in [0.25, 0.3) is 5.91 Å². The maximum absolute atomic E-state index is 11.9. The van der Waals surface area contributed by atoms with Crippen LogP contribution in [0, 0.1) is 0 Å². The Morgan fingerprint density at radius 1 is 0.969 bits per heavy atom. The highest BCUT2D eigenvalue weighted by molar-refractivity contribution is 6.30. The zero-order valence-corrected chi connectivity index (χ0v) is 18.0. The first kappa shape index (κ1) is 21.4. The largest absolute Gasteiger partial charge is 0.497 e. The number of amides is 1. The minimum atomic E-state index is -0.257. The molecule has 0 saturated carbocycles. The van der Waals surface area contributed by atoms with Gasteiger partial charge in [-0.3, -0.25) is 4.79 Å². The Balaban J connectivity index is 1.29. The van der Waals surface area contributed by atoms with Gasteiger partial charge in [0.05, 0.1) is 13.7 Å².